The molecule has 0 bridgehead atoms. The van der Waals surface area contributed by atoms with Gasteiger partial charge in [0.15, 0.2) is 0 Å². The molecule has 0 atom stereocenters. The van der Waals surface area contributed by atoms with E-state index in [4.69, 9.17) is 11.6 Å². The Kier molecular flexibility index (Phi) is 7.06. The number of hydrogen-bond acceptors (Lipinski definition) is 2. The minimum absolute atomic E-state index is 0.0772. The minimum atomic E-state index is -0.0772. The highest BCUT2D eigenvalue weighted by atomic mass is 35.5. The Morgan fingerprint density at radius 3 is 1.45 bits per heavy atom. The Balaban J connectivity index is 0.00000110. The van der Waals surface area contributed by atoms with Crippen molar-refractivity contribution in [3.8, 4) is 5.75 Å². The Hall–Kier alpha value is -0.730. The summed E-state index contributed by atoms with van der Waals surface area (Å²) in [6.07, 6.45) is 0. The molecule has 20 heavy (non-hydrogen) atoms. The smallest absolute Gasteiger partial charge is 0.123 e. The molecule has 0 amide bonds. The topological polar surface area (TPSA) is 32.3 Å². The van der Waals surface area contributed by atoms with Crippen LogP contribution in [0.5, 0.6) is 5.75 Å². The predicted molar refractivity (Wildman–Crippen MR) is 90.0 cm³/mol. The highest BCUT2D eigenvalue weighted by Gasteiger charge is 2.26. The monoisotopic (exact) mass is 299 g/mol. The summed E-state index contributed by atoms with van der Waals surface area (Å²) in [6.45, 7) is 12.6. The lowest BCUT2D eigenvalue weighted by Gasteiger charge is -2.28. The number of halogens is 1. The van der Waals surface area contributed by atoms with Crippen molar-refractivity contribution in [3.05, 3.63) is 28.8 Å². The molecule has 0 saturated carbocycles. The average Bonchev–Trinajstić information content (AvgIpc) is 2.27. The molecule has 0 unspecified atom stereocenters. The fourth-order valence-corrected chi connectivity index (χ4v) is 2.07. The minimum Gasteiger partial charge on any atom is -0.507 e. The van der Waals surface area contributed by atoms with Crippen LogP contribution in [0.15, 0.2) is 12.1 Å². The molecular formula is C17H30ClNO. The lowest BCUT2D eigenvalue weighted by Crippen LogP contribution is -2.17. The summed E-state index contributed by atoms with van der Waals surface area (Å²) in [5.41, 5.74) is 2.86. The summed E-state index contributed by atoms with van der Waals surface area (Å²) in [6, 6.07) is 4.02. The van der Waals surface area contributed by atoms with E-state index in [9.17, 15) is 5.11 Å². The Bertz CT molecular complexity index is 393. The molecule has 0 fully saturated rings. The highest BCUT2D eigenvalue weighted by Crippen LogP contribution is 2.39. The highest BCUT2D eigenvalue weighted by molar-refractivity contribution is 6.17. The van der Waals surface area contributed by atoms with Crippen molar-refractivity contribution in [1.82, 2.24) is 5.32 Å². The van der Waals surface area contributed by atoms with E-state index in [0.717, 1.165) is 16.7 Å². The number of phenols is 1. The van der Waals surface area contributed by atoms with E-state index in [1.54, 1.807) is 0 Å². The number of phenolic OH excluding ortho intramolecular Hbond substituents is 1. The van der Waals surface area contributed by atoms with Crippen molar-refractivity contribution in [2.45, 2.75) is 58.3 Å². The van der Waals surface area contributed by atoms with E-state index in [0.29, 0.717) is 11.6 Å². The molecule has 0 saturated heterocycles. The van der Waals surface area contributed by atoms with Crippen molar-refractivity contribution >= 4 is 11.6 Å². The number of hydrogen-bond donors (Lipinski definition) is 2. The first-order valence-corrected chi connectivity index (χ1v) is 7.53. The van der Waals surface area contributed by atoms with Crippen LogP contribution in [-0.4, -0.2) is 19.2 Å². The van der Waals surface area contributed by atoms with Crippen LogP contribution >= 0.6 is 11.6 Å². The standard InChI is InChI=1S/C15H23ClO.C2H7N/c1-14(2,3)11-7-10(9-16)8-12(13(11)17)15(4,5)6;1-3-2/h7-8,17H,9H2,1-6H3;3H,1-2H3. The molecule has 2 N–H and O–H groups in total. The molecule has 1 aromatic rings. The molecule has 1 aromatic carbocycles. The van der Waals surface area contributed by atoms with Gasteiger partial charge in [0, 0.05) is 5.88 Å². The SMILES string of the molecule is CC(C)(C)c1cc(CCl)cc(C(C)(C)C)c1O.CNC. The normalized spacial score (nSPS) is 11.8. The molecule has 0 spiro atoms. The molecule has 0 aliphatic carbocycles. The molecule has 1 rings (SSSR count). The van der Waals surface area contributed by atoms with E-state index in [1.807, 2.05) is 26.2 Å². The van der Waals surface area contributed by atoms with Crippen LogP contribution in [-0.2, 0) is 16.7 Å². The second-order valence-electron chi connectivity index (χ2n) is 7.17. The van der Waals surface area contributed by atoms with Gasteiger partial charge in [0.25, 0.3) is 0 Å². The average molecular weight is 300 g/mol. The van der Waals surface area contributed by atoms with Gasteiger partial charge in [-0.15, -0.1) is 11.6 Å². The van der Waals surface area contributed by atoms with Crippen LogP contribution in [0, 0.1) is 0 Å². The fourth-order valence-electron chi connectivity index (χ4n) is 1.91. The first-order valence-electron chi connectivity index (χ1n) is 7.00. The van der Waals surface area contributed by atoms with Crippen LogP contribution in [0.4, 0.5) is 0 Å². The largest absolute Gasteiger partial charge is 0.507 e. The van der Waals surface area contributed by atoms with Gasteiger partial charge < -0.3 is 10.4 Å². The maximum atomic E-state index is 10.4. The summed E-state index contributed by atoms with van der Waals surface area (Å²) < 4.78 is 0. The molecule has 0 aliphatic heterocycles. The molecule has 0 heterocycles. The third-order valence-corrected chi connectivity index (χ3v) is 3.25. The first kappa shape index (κ1) is 19.3. The second-order valence-corrected chi connectivity index (χ2v) is 7.44. The second kappa shape index (κ2) is 7.33. The molecule has 3 heteroatoms. The molecule has 2 nitrogen and oxygen atoms in total. The number of aromatic hydroxyl groups is 1. The zero-order valence-corrected chi connectivity index (χ0v) is 14.9. The van der Waals surface area contributed by atoms with E-state index in [-0.39, 0.29) is 10.8 Å². The Morgan fingerprint density at radius 1 is 0.950 bits per heavy atom. The van der Waals surface area contributed by atoms with Crippen LogP contribution < -0.4 is 5.32 Å². The van der Waals surface area contributed by atoms with Gasteiger partial charge in [-0.1, -0.05) is 53.7 Å². The van der Waals surface area contributed by atoms with Gasteiger partial charge in [-0.2, -0.15) is 0 Å². The quantitative estimate of drug-likeness (QED) is 0.745. The van der Waals surface area contributed by atoms with E-state index >= 15 is 0 Å². The third kappa shape index (κ3) is 5.34. The number of benzene rings is 1. The van der Waals surface area contributed by atoms with E-state index < -0.39 is 0 Å². The van der Waals surface area contributed by atoms with Crippen molar-refractivity contribution in [2.24, 2.45) is 0 Å². The summed E-state index contributed by atoms with van der Waals surface area (Å²) in [5.74, 6) is 0.894. The predicted octanol–water partition coefficient (Wildman–Crippen LogP) is 4.56. The Labute approximate surface area is 129 Å². The molecule has 0 radical (unpaired) electrons. The van der Waals surface area contributed by atoms with Crippen LogP contribution in [0.25, 0.3) is 0 Å². The van der Waals surface area contributed by atoms with Crippen LogP contribution in [0.3, 0.4) is 0 Å². The lowest BCUT2D eigenvalue weighted by molar-refractivity contribution is 0.423. The van der Waals surface area contributed by atoms with Crippen LogP contribution in [0.1, 0.15) is 58.2 Å². The first-order chi connectivity index (χ1) is 8.98. The number of nitrogens with one attached hydrogen (secondary N) is 1. The molecule has 116 valence electrons. The molecule has 0 aliphatic rings. The number of rotatable bonds is 1. The fraction of sp³-hybridized carbons (Fsp3) is 0.647. The van der Waals surface area contributed by atoms with Gasteiger partial charge in [0.1, 0.15) is 5.75 Å². The van der Waals surface area contributed by atoms with Crippen molar-refractivity contribution < 1.29 is 5.11 Å². The van der Waals surface area contributed by atoms with Gasteiger partial charge in [0.2, 0.25) is 0 Å². The number of alkyl halides is 1. The molecule has 0 aromatic heterocycles. The van der Waals surface area contributed by atoms with Gasteiger partial charge >= 0.3 is 0 Å². The zero-order chi connectivity index (χ0) is 16.1. The molecular weight excluding hydrogens is 270 g/mol. The van der Waals surface area contributed by atoms with E-state index in [2.05, 4.69) is 46.9 Å². The van der Waals surface area contributed by atoms with Gasteiger partial charge in [-0.05, 0) is 41.6 Å². The van der Waals surface area contributed by atoms with Gasteiger partial charge in [-0.25, -0.2) is 0 Å². The summed E-state index contributed by atoms with van der Waals surface area (Å²) in [5, 5.41) is 13.2. The maximum absolute atomic E-state index is 10.4. The van der Waals surface area contributed by atoms with Crippen LogP contribution in [0.2, 0.25) is 0 Å². The van der Waals surface area contributed by atoms with Gasteiger partial charge in [-0.3, -0.25) is 0 Å². The summed E-state index contributed by atoms with van der Waals surface area (Å²) in [7, 11) is 3.75. The zero-order valence-electron chi connectivity index (χ0n) is 14.2. The van der Waals surface area contributed by atoms with Gasteiger partial charge in [0.05, 0.1) is 0 Å². The summed E-state index contributed by atoms with van der Waals surface area (Å²) >= 11 is 5.94. The third-order valence-electron chi connectivity index (χ3n) is 2.94. The summed E-state index contributed by atoms with van der Waals surface area (Å²) in [4.78, 5) is 0. The maximum Gasteiger partial charge on any atom is 0.123 e. The van der Waals surface area contributed by atoms with E-state index in [1.165, 1.54) is 0 Å². The van der Waals surface area contributed by atoms with Crippen molar-refractivity contribution in [1.29, 1.82) is 0 Å². The lowest BCUT2D eigenvalue weighted by atomic mass is 9.78. The van der Waals surface area contributed by atoms with Crippen molar-refractivity contribution in [2.75, 3.05) is 14.1 Å². The Morgan fingerprint density at radius 2 is 1.25 bits per heavy atom. The van der Waals surface area contributed by atoms with Crippen molar-refractivity contribution in [3.63, 3.8) is 0 Å².